The van der Waals surface area contributed by atoms with Crippen LogP contribution < -0.4 is 10.6 Å². The summed E-state index contributed by atoms with van der Waals surface area (Å²) in [6.07, 6.45) is 5.82. The van der Waals surface area contributed by atoms with Gasteiger partial charge in [0.15, 0.2) is 0 Å². The number of nitrogen functional groups attached to an aromatic ring is 1. The van der Waals surface area contributed by atoms with Gasteiger partial charge in [-0.3, -0.25) is 0 Å². The standard InChI is InChI=1S/C14H15BrN4/c15-13-7-17-9-18-14(13)19(12-4-5-12)8-10-2-1-3-11(16)6-10/h1-3,6-7,9,12H,4-5,8,16H2. The maximum atomic E-state index is 5.84. The van der Waals surface area contributed by atoms with Crippen molar-refractivity contribution in [3.63, 3.8) is 0 Å². The molecule has 2 aromatic rings. The van der Waals surface area contributed by atoms with Gasteiger partial charge in [0, 0.05) is 24.5 Å². The van der Waals surface area contributed by atoms with Crippen molar-refractivity contribution >= 4 is 27.4 Å². The van der Waals surface area contributed by atoms with Gasteiger partial charge in [0.25, 0.3) is 0 Å². The van der Waals surface area contributed by atoms with Gasteiger partial charge >= 0.3 is 0 Å². The Labute approximate surface area is 120 Å². The van der Waals surface area contributed by atoms with Crippen LogP contribution in [0.25, 0.3) is 0 Å². The third-order valence-electron chi connectivity index (χ3n) is 3.21. The molecule has 1 heterocycles. The Hall–Kier alpha value is -1.62. The molecule has 0 spiro atoms. The SMILES string of the molecule is Nc1cccc(CN(c2ncncc2Br)C2CC2)c1. The summed E-state index contributed by atoms with van der Waals surface area (Å²) in [7, 11) is 0. The molecule has 1 aliphatic rings. The van der Waals surface area contributed by atoms with E-state index in [0.717, 1.165) is 22.5 Å². The average Bonchev–Trinajstić information content (AvgIpc) is 3.21. The first-order valence-electron chi connectivity index (χ1n) is 6.30. The van der Waals surface area contributed by atoms with Crippen molar-refractivity contribution in [3.05, 3.63) is 46.8 Å². The fraction of sp³-hybridized carbons (Fsp3) is 0.286. The minimum atomic E-state index is 0.577. The summed E-state index contributed by atoms with van der Waals surface area (Å²) >= 11 is 3.53. The molecular formula is C14H15BrN4. The lowest BCUT2D eigenvalue weighted by molar-refractivity contribution is 0.772. The van der Waals surface area contributed by atoms with Crippen LogP contribution in [0.4, 0.5) is 11.5 Å². The van der Waals surface area contributed by atoms with Crippen molar-refractivity contribution in [1.82, 2.24) is 9.97 Å². The zero-order valence-electron chi connectivity index (χ0n) is 10.5. The van der Waals surface area contributed by atoms with Crippen LogP contribution in [0.5, 0.6) is 0 Å². The lowest BCUT2D eigenvalue weighted by Crippen LogP contribution is -2.26. The van der Waals surface area contributed by atoms with E-state index in [-0.39, 0.29) is 0 Å². The highest BCUT2D eigenvalue weighted by Crippen LogP contribution is 2.35. The van der Waals surface area contributed by atoms with Crippen LogP contribution in [0, 0.1) is 0 Å². The molecule has 1 fully saturated rings. The lowest BCUT2D eigenvalue weighted by atomic mass is 10.2. The molecule has 0 saturated heterocycles. The number of halogens is 1. The molecule has 1 saturated carbocycles. The van der Waals surface area contributed by atoms with Gasteiger partial charge in [-0.15, -0.1) is 0 Å². The topological polar surface area (TPSA) is 55.0 Å². The van der Waals surface area contributed by atoms with Crippen LogP contribution in [-0.4, -0.2) is 16.0 Å². The van der Waals surface area contributed by atoms with Gasteiger partial charge in [-0.05, 0) is 46.5 Å². The molecule has 0 atom stereocenters. The maximum absolute atomic E-state index is 5.84. The monoisotopic (exact) mass is 318 g/mol. The van der Waals surface area contributed by atoms with Crippen LogP contribution in [0.2, 0.25) is 0 Å². The zero-order chi connectivity index (χ0) is 13.2. The fourth-order valence-electron chi connectivity index (χ4n) is 2.17. The number of hydrogen-bond donors (Lipinski definition) is 1. The second-order valence-corrected chi connectivity index (χ2v) is 5.65. The minimum Gasteiger partial charge on any atom is -0.399 e. The van der Waals surface area contributed by atoms with E-state index < -0.39 is 0 Å². The van der Waals surface area contributed by atoms with E-state index in [1.54, 1.807) is 12.5 Å². The summed E-state index contributed by atoms with van der Waals surface area (Å²) in [4.78, 5) is 10.7. The van der Waals surface area contributed by atoms with Crippen molar-refractivity contribution in [2.75, 3.05) is 10.6 Å². The van der Waals surface area contributed by atoms with Crippen LogP contribution in [0.1, 0.15) is 18.4 Å². The molecule has 4 nitrogen and oxygen atoms in total. The molecule has 98 valence electrons. The number of aromatic nitrogens is 2. The Kier molecular flexibility index (Phi) is 3.38. The molecule has 3 rings (SSSR count). The highest BCUT2D eigenvalue weighted by Gasteiger charge is 2.31. The van der Waals surface area contributed by atoms with Crippen molar-refractivity contribution in [3.8, 4) is 0 Å². The van der Waals surface area contributed by atoms with Gasteiger partial charge in [-0.1, -0.05) is 12.1 Å². The molecule has 2 N–H and O–H groups in total. The van der Waals surface area contributed by atoms with Crippen LogP contribution in [0.3, 0.4) is 0 Å². The molecule has 0 unspecified atom stereocenters. The van der Waals surface area contributed by atoms with Gasteiger partial charge in [-0.2, -0.15) is 0 Å². The predicted molar refractivity (Wildman–Crippen MR) is 79.8 cm³/mol. The highest BCUT2D eigenvalue weighted by atomic mass is 79.9. The molecule has 0 radical (unpaired) electrons. The molecule has 1 aromatic carbocycles. The highest BCUT2D eigenvalue weighted by molar-refractivity contribution is 9.10. The van der Waals surface area contributed by atoms with Crippen molar-refractivity contribution in [1.29, 1.82) is 0 Å². The smallest absolute Gasteiger partial charge is 0.146 e. The maximum Gasteiger partial charge on any atom is 0.146 e. The second kappa shape index (κ2) is 5.17. The first kappa shape index (κ1) is 12.4. The van der Waals surface area contributed by atoms with Crippen molar-refractivity contribution < 1.29 is 0 Å². The number of anilines is 2. The molecule has 19 heavy (non-hydrogen) atoms. The summed E-state index contributed by atoms with van der Waals surface area (Å²) in [5.74, 6) is 0.958. The van der Waals surface area contributed by atoms with E-state index in [0.29, 0.717) is 6.04 Å². The predicted octanol–water partition coefficient (Wildman–Crippen LogP) is 2.99. The Morgan fingerprint density at radius 1 is 1.37 bits per heavy atom. The number of nitrogens with two attached hydrogens (primary N) is 1. The van der Waals surface area contributed by atoms with E-state index in [2.05, 4.69) is 36.9 Å². The first-order valence-corrected chi connectivity index (χ1v) is 7.10. The fourth-order valence-corrected chi connectivity index (χ4v) is 2.62. The van der Waals surface area contributed by atoms with Gasteiger partial charge in [-0.25, -0.2) is 9.97 Å². The Morgan fingerprint density at radius 2 is 2.21 bits per heavy atom. The van der Waals surface area contributed by atoms with E-state index >= 15 is 0 Å². The molecule has 0 aliphatic heterocycles. The van der Waals surface area contributed by atoms with Crippen LogP contribution in [-0.2, 0) is 6.54 Å². The average molecular weight is 319 g/mol. The molecule has 1 aromatic heterocycles. The number of rotatable bonds is 4. The van der Waals surface area contributed by atoms with Crippen molar-refractivity contribution in [2.45, 2.75) is 25.4 Å². The lowest BCUT2D eigenvalue weighted by Gasteiger charge is -2.24. The van der Waals surface area contributed by atoms with Gasteiger partial charge in [0.1, 0.15) is 12.1 Å². The Morgan fingerprint density at radius 3 is 2.89 bits per heavy atom. The molecule has 0 amide bonds. The summed E-state index contributed by atoms with van der Waals surface area (Å²) in [5.41, 5.74) is 7.85. The number of benzene rings is 1. The number of nitrogens with zero attached hydrogens (tertiary/aromatic N) is 3. The third kappa shape index (κ3) is 2.87. The van der Waals surface area contributed by atoms with Gasteiger partial charge in [0.05, 0.1) is 4.47 Å². The normalized spacial score (nSPS) is 14.4. The molecule has 5 heteroatoms. The Balaban J connectivity index is 1.88. The molecule has 0 bridgehead atoms. The third-order valence-corrected chi connectivity index (χ3v) is 3.77. The van der Waals surface area contributed by atoms with Gasteiger partial charge < -0.3 is 10.6 Å². The molecular weight excluding hydrogens is 304 g/mol. The summed E-state index contributed by atoms with van der Waals surface area (Å²) in [6, 6.07) is 8.59. The van der Waals surface area contributed by atoms with E-state index in [9.17, 15) is 0 Å². The second-order valence-electron chi connectivity index (χ2n) is 4.80. The van der Waals surface area contributed by atoms with E-state index in [1.807, 2.05) is 18.2 Å². The first-order chi connectivity index (χ1) is 9.24. The summed E-state index contributed by atoms with van der Waals surface area (Å²) in [6.45, 7) is 0.825. The van der Waals surface area contributed by atoms with E-state index in [1.165, 1.54) is 18.4 Å². The van der Waals surface area contributed by atoms with E-state index in [4.69, 9.17) is 5.73 Å². The van der Waals surface area contributed by atoms with Crippen LogP contribution >= 0.6 is 15.9 Å². The summed E-state index contributed by atoms with van der Waals surface area (Å²) < 4.78 is 0.936. The minimum absolute atomic E-state index is 0.577. The van der Waals surface area contributed by atoms with Gasteiger partial charge in [0.2, 0.25) is 0 Å². The summed E-state index contributed by atoms with van der Waals surface area (Å²) in [5, 5.41) is 0. The molecule has 1 aliphatic carbocycles. The zero-order valence-corrected chi connectivity index (χ0v) is 12.0. The van der Waals surface area contributed by atoms with Crippen molar-refractivity contribution in [2.24, 2.45) is 0 Å². The number of hydrogen-bond acceptors (Lipinski definition) is 4. The Bertz CT molecular complexity index is 583. The van der Waals surface area contributed by atoms with Crippen LogP contribution in [0.15, 0.2) is 41.3 Å². The quantitative estimate of drug-likeness (QED) is 0.880. The largest absolute Gasteiger partial charge is 0.399 e.